The fraction of sp³-hybridized carbons (Fsp3) is 0.400. The van der Waals surface area contributed by atoms with Crippen molar-refractivity contribution in [1.29, 1.82) is 0 Å². The molecule has 0 unspecified atom stereocenters. The molecule has 0 spiro atoms. The van der Waals surface area contributed by atoms with Gasteiger partial charge >= 0.3 is 0 Å². The van der Waals surface area contributed by atoms with Gasteiger partial charge in [-0.1, -0.05) is 30.7 Å². The molecule has 0 aliphatic carbocycles. The van der Waals surface area contributed by atoms with Crippen LogP contribution >= 0.6 is 11.6 Å². The number of aryl methyl sites for hydroxylation is 1. The number of aromatic nitrogens is 2. The molecule has 2 rings (SSSR count). The number of hydrogen-bond acceptors (Lipinski definition) is 2. The van der Waals surface area contributed by atoms with E-state index < -0.39 is 0 Å². The Balaban J connectivity index is 2.19. The SMILES string of the molecule is CCCNCc1ccc(-c2ccnn2CC)cc1Cl. The van der Waals surface area contributed by atoms with Crippen molar-refractivity contribution in [2.75, 3.05) is 6.54 Å². The highest BCUT2D eigenvalue weighted by molar-refractivity contribution is 6.31. The van der Waals surface area contributed by atoms with E-state index in [1.807, 2.05) is 23.0 Å². The Morgan fingerprint density at radius 2 is 2.11 bits per heavy atom. The predicted octanol–water partition coefficient (Wildman–Crippen LogP) is 3.72. The summed E-state index contributed by atoms with van der Waals surface area (Å²) in [5.41, 5.74) is 3.36. The normalized spacial score (nSPS) is 10.9. The molecule has 1 aromatic carbocycles. The quantitative estimate of drug-likeness (QED) is 0.816. The van der Waals surface area contributed by atoms with E-state index in [1.165, 1.54) is 0 Å². The number of nitrogens with one attached hydrogen (secondary N) is 1. The zero-order valence-electron chi connectivity index (χ0n) is 11.5. The van der Waals surface area contributed by atoms with E-state index in [4.69, 9.17) is 11.6 Å². The van der Waals surface area contributed by atoms with E-state index in [1.54, 1.807) is 0 Å². The summed E-state index contributed by atoms with van der Waals surface area (Å²) in [6, 6.07) is 8.24. The molecule has 1 aromatic heterocycles. The number of nitrogens with zero attached hydrogens (tertiary/aromatic N) is 2. The molecule has 1 heterocycles. The number of rotatable bonds is 6. The summed E-state index contributed by atoms with van der Waals surface area (Å²) in [5.74, 6) is 0. The first-order chi connectivity index (χ1) is 9.26. The minimum atomic E-state index is 0.810. The summed E-state index contributed by atoms with van der Waals surface area (Å²) >= 11 is 6.35. The van der Waals surface area contributed by atoms with Gasteiger partial charge in [0.1, 0.15) is 0 Å². The van der Waals surface area contributed by atoms with Crippen molar-refractivity contribution in [3.8, 4) is 11.3 Å². The zero-order chi connectivity index (χ0) is 13.7. The average Bonchev–Trinajstić information content (AvgIpc) is 2.89. The lowest BCUT2D eigenvalue weighted by molar-refractivity contribution is 0.666. The number of hydrogen-bond donors (Lipinski definition) is 1. The second-order valence-electron chi connectivity index (χ2n) is 4.52. The second-order valence-corrected chi connectivity index (χ2v) is 4.92. The Bertz CT molecular complexity index is 534. The molecule has 4 heteroatoms. The molecule has 1 N–H and O–H groups in total. The maximum absolute atomic E-state index is 6.35. The van der Waals surface area contributed by atoms with Crippen LogP contribution in [0, 0.1) is 0 Å². The van der Waals surface area contributed by atoms with Crippen molar-refractivity contribution < 1.29 is 0 Å². The van der Waals surface area contributed by atoms with E-state index >= 15 is 0 Å². The van der Waals surface area contributed by atoms with Gasteiger partial charge in [0, 0.05) is 29.9 Å². The van der Waals surface area contributed by atoms with Gasteiger partial charge in [-0.05, 0) is 37.6 Å². The third kappa shape index (κ3) is 3.37. The van der Waals surface area contributed by atoms with Crippen LogP contribution in [0.15, 0.2) is 30.5 Å². The van der Waals surface area contributed by atoms with Gasteiger partial charge in [-0.3, -0.25) is 4.68 Å². The van der Waals surface area contributed by atoms with Crippen LogP contribution < -0.4 is 5.32 Å². The maximum Gasteiger partial charge on any atom is 0.0682 e. The van der Waals surface area contributed by atoms with Gasteiger partial charge in [-0.15, -0.1) is 0 Å². The Morgan fingerprint density at radius 1 is 1.26 bits per heavy atom. The van der Waals surface area contributed by atoms with Gasteiger partial charge in [0.05, 0.1) is 5.69 Å². The van der Waals surface area contributed by atoms with E-state index in [9.17, 15) is 0 Å². The molecule has 19 heavy (non-hydrogen) atoms. The molecular weight excluding hydrogens is 258 g/mol. The van der Waals surface area contributed by atoms with Crippen molar-refractivity contribution >= 4 is 11.6 Å². The van der Waals surface area contributed by atoms with Gasteiger partial charge in [0.25, 0.3) is 0 Å². The Hall–Kier alpha value is -1.32. The molecule has 2 aromatic rings. The Kier molecular flexibility index (Phi) is 5.00. The summed E-state index contributed by atoms with van der Waals surface area (Å²) in [7, 11) is 0. The lowest BCUT2D eigenvalue weighted by Crippen LogP contribution is -2.14. The van der Waals surface area contributed by atoms with Crippen molar-refractivity contribution in [2.24, 2.45) is 0 Å². The van der Waals surface area contributed by atoms with Crippen molar-refractivity contribution in [3.05, 3.63) is 41.0 Å². The monoisotopic (exact) mass is 277 g/mol. The minimum Gasteiger partial charge on any atom is -0.313 e. The van der Waals surface area contributed by atoms with Gasteiger partial charge in [0.15, 0.2) is 0 Å². The predicted molar refractivity (Wildman–Crippen MR) is 80.3 cm³/mol. The van der Waals surface area contributed by atoms with E-state index in [2.05, 4.69) is 36.4 Å². The molecule has 0 saturated carbocycles. The molecule has 102 valence electrons. The van der Waals surface area contributed by atoms with Gasteiger partial charge in [0.2, 0.25) is 0 Å². The molecule has 3 nitrogen and oxygen atoms in total. The van der Waals surface area contributed by atoms with Crippen LogP contribution in [0.1, 0.15) is 25.8 Å². The van der Waals surface area contributed by atoms with Gasteiger partial charge < -0.3 is 5.32 Å². The van der Waals surface area contributed by atoms with Crippen molar-refractivity contribution in [3.63, 3.8) is 0 Å². The van der Waals surface area contributed by atoms with Crippen LogP contribution in [-0.4, -0.2) is 16.3 Å². The first kappa shape index (κ1) is 14.1. The summed E-state index contributed by atoms with van der Waals surface area (Å²) in [5, 5.41) is 8.46. The third-order valence-electron chi connectivity index (χ3n) is 3.11. The highest BCUT2D eigenvalue weighted by atomic mass is 35.5. The highest BCUT2D eigenvalue weighted by Crippen LogP contribution is 2.25. The summed E-state index contributed by atoms with van der Waals surface area (Å²) in [6.45, 7) is 6.94. The van der Waals surface area contributed by atoms with Crippen molar-refractivity contribution in [2.45, 2.75) is 33.4 Å². The Labute approximate surface area is 119 Å². The lowest BCUT2D eigenvalue weighted by atomic mass is 10.1. The first-order valence-corrected chi connectivity index (χ1v) is 7.15. The van der Waals surface area contributed by atoms with E-state index in [-0.39, 0.29) is 0 Å². The molecule has 0 saturated heterocycles. The topological polar surface area (TPSA) is 29.9 Å². The molecular formula is C15H20ClN3. The molecule has 0 radical (unpaired) electrons. The molecule has 0 aliphatic heterocycles. The minimum absolute atomic E-state index is 0.810. The van der Waals surface area contributed by atoms with Crippen molar-refractivity contribution in [1.82, 2.24) is 15.1 Å². The molecule has 0 bridgehead atoms. The molecule has 0 fully saturated rings. The number of halogens is 1. The standard InChI is InChI=1S/C15H20ClN3/c1-3-8-17-11-13-6-5-12(10-14(13)16)15-7-9-18-19(15)4-2/h5-7,9-10,17H,3-4,8,11H2,1-2H3. The summed E-state index contributed by atoms with van der Waals surface area (Å²) in [4.78, 5) is 0. The van der Waals surface area contributed by atoms with Gasteiger partial charge in [-0.2, -0.15) is 5.10 Å². The fourth-order valence-corrected chi connectivity index (χ4v) is 2.33. The lowest BCUT2D eigenvalue weighted by Gasteiger charge is -2.09. The Morgan fingerprint density at radius 3 is 2.79 bits per heavy atom. The van der Waals surface area contributed by atoms with Crippen LogP contribution in [0.2, 0.25) is 5.02 Å². The largest absolute Gasteiger partial charge is 0.313 e. The zero-order valence-corrected chi connectivity index (χ0v) is 12.2. The highest BCUT2D eigenvalue weighted by Gasteiger charge is 2.07. The smallest absolute Gasteiger partial charge is 0.0682 e. The first-order valence-electron chi connectivity index (χ1n) is 6.77. The van der Waals surface area contributed by atoms with Gasteiger partial charge in [-0.25, -0.2) is 0 Å². The van der Waals surface area contributed by atoms with Crippen LogP contribution in [-0.2, 0) is 13.1 Å². The van der Waals surface area contributed by atoms with E-state index in [0.717, 1.165) is 47.9 Å². The molecule has 0 atom stereocenters. The number of benzene rings is 1. The maximum atomic E-state index is 6.35. The van der Waals surface area contributed by atoms with E-state index in [0.29, 0.717) is 0 Å². The van der Waals surface area contributed by atoms with Crippen LogP contribution in [0.25, 0.3) is 11.3 Å². The third-order valence-corrected chi connectivity index (χ3v) is 3.46. The molecule has 0 aliphatic rings. The molecule has 0 amide bonds. The van der Waals surface area contributed by atoms with Crippen LogP contribution in [0.5, 0.6) is 0 Å². The average molecular weight is 278 g/mol. The summed E-state index contributed by atoms with van der Waals surface area (Å²) in [6.07, 6.45) is 2.95. The van der Waals surface area contributed by atoms with Crippen LogP contribution in [0.4, 0.5) is 0 Å². The fourth-order valence-electron chi connectivity index (χ4n) is 2.08. The second kappa shape index (κ2) is 6.73. The summed E-state index contributed by atoms with van der Waals surface area (Å²) < 4.78 is 1.97. The van der Waals surface area contributed by atoms with Crippen LogP contribution in [0.3, 0.4) is 0 Å².